The lowest BCUT2D eigenvalue weighted by molar-refractivity contribution is 0.0698. The highest BCUT2D eigenvalue weighted by molar-refractivity contribution is 6.35. The Bertz CT molecular complexity index is 1350. The van der Waals surface area contributed by atoms with Gasteiger partial charge in [0.25, 0.3) is 0 Å². The predicted molar refractivity (Wildman–Crippen MR) is 135 cm³/mol. The van der Waals surface area contributed by atoms with E-state index < -0.39 is 5.97 Å². The lowest BCUT2D eigenvalue weighted by atomic mass is 10.1. The molecule has 9 heteroatoms. The van der Waals surface area contributed by atoms with E-state index in [4.69, 9.17) is 16.3 Å². The molecule has 4 aromatic rings. The number of aromatic nitrogens is 3. The van der Waals surface area contributed by atoms with Crippen molar-refractivity contribution in [2.75, 3.05) is 30.8 Å². The molecular weight excluding hydrogens is 454 g/mol. The van der Waals surface area contributed by atoms with Crippen LogP contribution in [0.5, 0.6) is 5.75 Å². The van der Waals surface area contributed by atoms with Crippen LogP contribution in [0, 0.1) is 6.92 Å². The van der Waals surface area contributed by atoms with Crippen LogP contribution in [0.25, 0.3) is 22.2 Å². The molecule has 0 aliphatic rings. The molecule has 0 radical (unpaired) electrons. The zero-order valence-corrected chi connectivity index (χ0v) is 20.0. The van der Waals surface area contributed by atoms with Crippen LogP contribution in [-0.4, -0.2) is 45.8 Å². The Hall–Kier alpha value is -3.78. The number of hydrogen-bond donors (Lipinski definition) is 3. The first kappa shape index (κ1) is 23.4. The molecule has 2 heterocycles. The van der Waals surface area contributed by atoms with E-state index in [2.05, 4.69) is 31.2 Å². The van der Waals surface area contributed by atoms with Gasteiger partial charge in [-0.2, -0.15) is 0 Å². The maximum Gasteiger partial charge on any atom is 0.337 e. The number of aryl methyl sites for hydroxylation is 1. The Morgan fingerprint density at radius 2 is 1.97 bits per heavy atom. The Morgan fingerprint density at radius 1 is 1.15 bits per heavy atom. The Labute approximate surface area is 202 Å². The predicted octanol–water partition coefficient (Wildman–Crippen LogP) is 5.31. The molecule has 0 fully saturated rings. The van der Waals surface area contributed by atoms with Gasteiger partial charge in [0.15, 0.2) is 0 Å². The minimum absolute atomic E-state index is 0.225. The number of rotatable bonds is 9. The van der Waals surface area contributed by atoms with Crippen LogP contribution in [0.1, 0.15) is 23.0 Å². The first-order valence-corrected chi connectivity index (χ1v) is 11.3. The molecule has 2 aromatic carbocycles. The first-order valence-electron chi connectivity index (χ1n) is 10.9. The van der Waals surface area contributed by atoms with Crippen molar-refractivity contribution in [2.45, 2.75) is 20.4 Å². The molecule has 0 bridgehead atoms. The monoisotopic (exact) mass is 479 g/mol. The second kappa shape index (κ2) is 10.0. The summed E-state index contributed by atoms with van der Waals surface area (Å²) < 4.78 is 7.64. The fraction of sp³-hybridized carbons (Fsp3) is 0.240. The lowest BCUT2D eigenvalue weighted by Gasteiger charge is -2.13. The van der Waals surface area contributed by atoms with E-state index in [1.54, 1.807) is 25.3 Å². The molecule has 3 N–H and O–H groups in total. The largest absolute Gasteiger partial charge is 0.496 e. The van der Waals surface area contributed by atoms with Gasteiger partial charge in [-0.05, 0) is 44.2 Å². The van der Waals surface area contributed by atoms with Gasteiger partial charge in [0.2, 0.25) is 0 Å². The summed E-state index contributed by atoms with van der Waals surface area (Å²) in [6.45, 7) is 5.88. The quantitative estimate of drug-likeness (QED) is 0.299. The molecule has 0 spiro atoms. The average molecular weight is 480 g/mol. The van der Waals surface area contributed by atoms with Gasteiger partial charge in [0.1, 0.15) is 17.9 Å². The summed E-state index contributed by atoms with van der Waals surface area (Å²) in [6, 6.07) is 12.8. The van der Waals surface area contributed by atoms with E-state index in [0.717, 1.165) is 27.9 Å². The van der Waals surface area contributed by atoms with E-state index in [1.807, 2.05) is 32.0 Å². The van der Waals surface area contributed by atoms with E-state index in [0.29, 0.717) is 41.9 Å². The van der Waals surface area contributed by atoms with Gasteiger partial charge >= 0.3 is 5.97 Å². The van der Waals surface area contributed by atoms with Crippen molar-refractivity contribution in [3.8, 4) is 17.0 Å². The van der Waals surface area contributed by atoms with Crippen LogP contribution in [0.2, 0.25) is 5.02 Å². The third kappa shape index (κ3) is 4.63. The summed E-state index contributed by atoms with van der Waals surface area (Å²) in [7, 11) is 1.65. The van der Waals surface area contributed by atoms with Gasteiger partial charge < -0.3 is 25.0 Å². The van der Waals surface area contributed by atoms with Crippen molar-refractivity contribution in [3.63, 3.8) is 0 Å². The normalized spacial score (nSPS) is 10.9. The number of carboxylic acids is 1. The molecule has 0 amide bonds. The molecule has 0 aliphatic heterocycles. The van der Waals surface area contributed by atoms with Gasteiger partial charge in [-0.1, -0.05) is 17.7 Å². The molecule has 0 aliphatic carbocycles. The van der Waals surface area contributed by atoms with Gasteiger partial charge in [0, 0.05) is 48.0 Å². The van der Waals surface area contributed by atoms with Crippen LogP contribution in [0.4, 0.5) is 11.5 Å². The number of hydrogen-bond acceptors (Lipinski definition) is 6. The number of anilines is 2. The highest BCUT2D eigenvalue weighted by atomic mass is 35.5. The van der Waals surface area contributed by atoms with Gasteiger partial charge in [0.05, 0.1) is 28.9 Å². The molecule has 0 saturated carbocycles. The molecule has 176 valence electrons. The maximum absolute atomic E-state index is 11.5. The van der Waals surface area contributed by atoms with Crippen molar-refractivity contribution < 1.29 is 14.6 Å². The van der Waals surface area contributed by atoms with Crippen molar-refractivity contribution in [1.29, 1.82) is 0 Å². The molecule has 0 saturated heterocycles. The summed E-state index contributed by atoms with van der Waals surface area (Å²) in [5.74, 6) is 0.494. The molecule has 2 aromatic heterocycles. The fourth-order valence-corrected chi connectivity index (χ4v) is 4.31. The van der Waals surface area contributed by atoms with Crippen molar-refractivity contribution in [2.24, 2.45) is 0 Å². The SMILES string of the molecule is CCNc1cc(-c2cc(NCCn3c(C)cc4c(OC)ccc(Cl)c43)ncn2)ccc1C(=O)O. The third-order valence-electron chi connectivity index (χ3n) is 5.62. The number of benzene rings is 2. The molecule has 4 rings (SSSR count). The molecular formula is C25H26ClN5O3. The fourth-order valence-electron chi connectivity index (χ4n) is 4.04. The first-order chi connectivity index (χ1) is 16.4. The van der Waals surface area contributed by atoms with E-state index in [9.17, 15) is 9.90 Å². The maximum atomic E-state index is 11.5. The van der Waals surface area contributed by atoms with Gasteiger partial charge in [-0.15, -0.1) is 0 Å². The van der Waals surface area contributed by atoms with E-state index in [1.165, 1.54) is 6.33 Å². The highest BCUT2D eigenvalue weighted by Crippen LogP contribution is 2.34. The number of carboxylic acid groups (broad SMARTS) is 1. The smallest absolute Gasteiger partial charge is 0.337 e. The number of nitrogens with one attached hydrogen (secondary N) is 2. The van der Waals surface area contributed by atoms with Gasteiger partial charge in [-0.3, -0.25) is 0 Å². The topological polar surface area (TPSA) is 101 Å². The van der Waals surface area contributed by atoms with Gasteiger partial charge in [-0.25, -0.2) is 14.8 Å². The number of ether oxygens (including phenoxy) is 1. The number of halogens is 1. The van der Waals surface area contributed by atoms with Crippen LogP contribution >= 0.6 is 11.6 Å². The summed E-state index contributed by atoms with van der Waals surface area (Å²) in [6.07, 6.45) is 1.49. The molecule has 8 nitrogen and oxygen atoms in total. The summed E-state index contributed by atoms with van der Waals surface area (Å²) in [5, 5.41) is 17.5. The van der Waals surface area contributed by atoms with Crippen LogP contribution in [0.15, 0.2) is 48.8 Å². The molecule has 0 unspecified atom stereocenters. The van der Waals surface area contributed by atoms with Crippen molar-refractivity contribution in [3.05, 3.63) is 65.1 Å². The zero-order chi connectivity index (χ0) is 24.2. The van der Waals surface area contributed by atoms with E-state index >= 15 is 0 Å². The van der Waals surface area contributed by atoms with E-state index in [-0.39, 0.29) is 5.56 Å². The lowest BCUT2D eigenvalue weighted by Crippen LogP contribution is -2.12. The number of fused-ring (bicyclic) bond motifs is 1. The standard InChI is InChI=1S/C25H26ClN5O3/c1-4-27-21-12-16(5-6-17(21)25(32)33)20-13-23(30-14-29-20)28-9-10-31-15(2)11-18-22(34-3)8-7-19(26)24(18)31/h5-8,11-14,27H,4,9-10H2,1-3H3,(H,32,33)(H,28,29,30). The molecule has 0 atom stereocenters. The Morgan fingerprint density at radius 3 is 2.71 bits per heavy atom. The van der Waals surface area contributed by atoms with Crippen LogP contribution in [-0.2, 0) is 6.54 Å². The van der Waals surface area contributed by atoms with Crippen molar-refractivity contribution >= 4 is 40.0 Å². The van der Waals surface area contributed by atoms with Crippen LogP contribution in [0.3, 0.4) is 0 Å². The minimum atomic E-state index is -0.974. The highest BCUT2D eigenvalue weighted by Gasteiger charge is 2.14. The second-order valence-electron chi connectivity index (χ2n) is 7.76. The number of nitrogens with zero attached hydrogens (tertiary/aromatic N) is 3. The Kier molecular flexibility index (Phi) is 6.88. The molecule has 34 heavy (non-hydrogen) atoms. The number of methoxy groups -OCH3 is 1. The zero-order valence-electron chi connectivity index (χ0n) is 19.2. The average Bonchev–Trinajstić information content (AvgIpc) is 3.16. The van der Waals surface area contributed by atoms with Crippen LogP contribution < -0.4 is 15.4 Å². The summed E-state index contributed by atoms with van der Waals surface area (Å²) in [4.78, 5) is 20.2. The Balaban J connectivity index is 1.53. The summed E-state index contributed by atoms with van der Waals surface area (Å²) >= 11 is 6.50. The van der Waals surface area contributed by atoms with Crippen molar-refractivity contribution in [1.82, 2.24) is 14.5 Å². The third-order valence-corrected chi connectivity index (χ3v) is 5.92. The second-order valence-corrected chi connectivity index (χ2v) is 8.17. The number of aromatic carboxylic acids is 1. The summed E-state index contributed by atoms with van der Waals surface area (Å²) in [5.41, 5.74) is 4.31. The number of carbonyl (C=O) groups is 1. The minimum Gasteiger partial charge on any atom is -0.496 e.